The van der Waals surface area contributed by atoms with E-state index in [1.807, 2.05) is 6.92 Å². The molecule has 0 spiro atoms. The van der Waals surface area contributed by atoms with E-state index < -0.39 is 0 Å². The Labute approximate surface area is 69.9 Å². The van der Waals surface area contributed by atoms with Gasteiger partial charge in [0.15, 0.2) is 0 Å². The summed E-state index contributed by atoms with van der Waals surface area (Å²) in [5.41, 5.74) is 5.45. The minimum absolute atomic E-state index is 0.409. The topological polar surface area (TPSA) is 38.4 Å². The van der Waals surface area contributed by atoms with E-state index >= 15 is 0 Å². The summed E-state index contributed by atoms with van der Waals surface area (Å²) >= 11 is 0. The van der Waals surface area contributed by atoms with Crippen LogP contribution in [0.25, 0.3) is 0 Å². The summed E-state index contributed by atoms with van der Waals surface area (Å²) in [5.74, 6) is 0.703. The summed E-state index contributed by atoms with van der Waals surface area (Å²) in [4.78, 5) is 4.24. The van der Waals surface area contributed by atoms with Crippen molar-refractivity contribution in [2.45, 2.75) is 52.5 Å². The van der Waals surface area contributed by atoms with Gasteiger partial charge in [0.25, 0.3) is 0 Å². The number of nitrogens with zero attached hydrogens (tertiary/aromatic N) is 1. The predicted molar refractivity (Wildman–Crippen MR) is 50.9 cm³/mol. The second kappa shape index (κ2) is 6.20. The van der Waals surface area contributed by atoms with E-state index in [1.54, 1.807) is 0 Å². The zero-order valence-electron chi connectivity index (χ0n) is 7.93. The smallest absolute Gasteiger partial charge is 0.0908 e. The Hall–Kier alpha value is -0.530. The lowest BCUT2D eigenvalue weighted by atomic mass is 10.1. The van der Waals surface area contributed by atoms with Crippen molar-refractivity contribution in [1.82, 2.24) is 0 Å². The molecule has 0 aromatic rings. The van der Waals surface area contributed by atoms with Crippen LogP contribution in [0, 0.1) is 0 Å². The average Bonchev–Trinajstić information content (AvgIpc) is 1.86. The van der Waals surface area contributed by atoms with E-state index in [0.717, 1.165) is 0 Å². The molecule has 2 heteroatoms. The number of aliphatic imine (C=N–C) groups is 1. The first-order valence-electron chi connectivity index (χ1n) is 4.46. The van der Waals surface area contributed by atoms with Gasteiger partial charge in [0.05, 0.1) is 5.84 Å². The number of unbranched alkanes of at least 4 members (excludes halogenated alkanes) is 2. The van der Waals surface area contributed by atoms with Crippen LogP contribution in [0.15, 0.2) is 4.99 Å². The summed E-state index contributed by atoms with van der Waals surface area (Å²) in [5, 5.41) is 0. The molecule has 66 valence electrons. The van der Waals surface area contributed by atoms with Crippen LogP contribution >= 0.6 is 0 Å². The highest BCUT2D eigenvalue weighted by Crippen LogP contribution is 2.05. The molecule has 0 heterocycles. The van der Waals surface area contributed by atoms with Gasteiger partial charge in [0, 0.05) is 6.04 Å². The molecule has 1 atom stereocenters. The predicted octanol–water partition coefficient (Wildman–Crippen LogP) is 2.33. The van der Waals surface area contributed by atoms with E-state index in [9.17, 15) is 0 Å². The van der Waals surface area contributed by atoms with Gasteiger partial charge in [-0.3, -0.25) is 4.99 Å². The molecule has 2 N–H and O–H groups in total. The molecular formula is C9H20N2. The molecular weight excluding hydrogens is 136 g/mol. The normalized spacial score (nSPS) is 15.0. The maximum atomic E-state index is 5.45. The second-order valence-corrected chi connectivity index (χ2v) is 3.12. The Kier molecular flexibility index (Phi) is 5.90. The summed E-state index contributed by atoms with van der Waals surface area (Å²) in [6.45, 7) is 6.17. The maximum Gasteiger partial charge on any atom is 0.0908 e. The van der Waals surface area contributed by atoms with Crippen LogP contribution in [0.4, 0.5) is 0 Å². The minimum Gasteiger partial charge on any atom is -0.388 e. The Morgan fingerprint density at radius 3 is 2.55 bits per heavy atom. The molecule has 0 aliphatic carbocycles. The third kappa shape index (κ3) is 7.37. The number of rotatable bonds is 5. The van der Waals surface area contributed by atoms with Crippen LogP contribution in [0.5, 0.6) is 0 Å². The lowest BCUT2D eigenvalue weighted by Gasteiger charge is -2.05. The Morgan fingerprint density at radius 2 is 2.09 bits per heavy atom. The fourth-order valence-corrected chi connectivity index (χ4v) is 1.10. The van der Waals surface area contributed by atoms with Crippen molar-refractivity contribution < 1.29 is 0 Å². The third-order valence-corrected chi connectivity index (χ3v) is 1.65. The highest BCUT2D eigenvalue weighted by molar-refractivity contribution is 5.77. The molecule has 11 heavy (non-hydrogen) atoms. The largest absolute Gasteiger partial charge is 0.388 e. The molecule has 2 nitrogen and oxygen atoms in total. The molecule has 0 bridgehead atoms. The summed E-state index contributed by atoms with van der Waals surface area (Å²) in [6, 6.07) is 0.409. The van der Waals surface area contributed by atoms with Crippen LogP contribution in [0.2, 0.25) is 0 Å². The second-order valence-electron chi connectivity index (χ2n) is 3.12. The minimum atomic E-state index is 0.409. The zero-order chi connectivity index (χ0) is 8.69. The highest BCUT2D eigenvalue weighted by atomic mass is 14.9. The fourth-order valence-electron chi connectivity index (χ4n) is 1.10. The summed E-state index contributed by atoms with van der Waals surface area (Å²) in [6.07, 6.45) is 5.03. The molecule has 1 unspecified atom stereocenters. The quantitative estimate of drug-likeness (QED) is 0.370. The van der Waals surface area contributed by atoms with Gasteiger partial charge in [-0.05, 0) is 20.3 Å². The third-order valence-electron chi connectivity index (χ3n) is 1.65. The summed E-state index contributed by atoms with van der Waals surface area (Å²) < 4.78 is 0. The van der Waals surface area contributed by atoms with Gasteiger partial charge in [-0.25, -0.2) is 0 Å². The lowest BCUT2D eigenvalue weighted by molar-refractivity contribution is 0.593. The van der Waals surface area contributed by atoms with Crippen LogP contribution in [0.1, 0.15) is 46.5 Å². The molecule has 0 aliphatic heterocycles. The summed E-state index contributed by atoms with van der Waals surface area (Å²) in [7, 11) is 0. The van der Waals surface area contributed by atoms with Crippen LogP contribution in [0.3, 0.4) is 0 Å². The van der Waals surface area contributed by atoms with Crippen molar-refractivity contribution in [3.63, 3.8) is 0 Å². The molecule has 0 radical (unpaired) electrons. The van der Waals surface area contributed by atoms with Crippen molar-refractivity contribution in [1.29, 1.82) is 0 Å². The van der Waals surface area contributed by atoms with Gasteiger partial charge in [0.1, 0.15) is 0 Å². The van der Waals surface area contributed by atoms with Crippen LogP contribution in [-0.4, -0.2) is 11.9 Å². The van der Waals surface area contributed by atoms with Gasteiger partial charge in [-0.2, -0.15) is 0 Å². The first-order valence-corrected chi connectivity index (χ1v) is 4.46. The first kappa shape index (κ1) is 10.5. The average molecular weight is 156 g/mol. The van der Waals surface area contributed by atoms with E-state index in [1.165, 1.54) is 25.7 Å². The van der Waals surface area contributed by atoms with E-state index in [-0.39, 0.29) is 0 Å². The molecule has 0 saturated heterocycles. The highest BCUT2D eigenvalue weighted by Gasteiger charge is 1.97. The number of hydrogen-bond acceptors (Lipinski definition) is 1. The van der Waals surface area contributed by atoms with Gasteiger partial charge in [-0.1, -0.05) is 26.2 Å². The monoisotopic (exact) mass is 156 g/mol. The van der Waals surface area contributed by atoms with Crippen molar-refractivity contribution in [2.24, 2.45) is 10.7 Å². The lowest BCUT2D eigenvalue weighted by Crippen LogP contribution is -2.10. The molecule has 0 aromatic heterocycles. The number of hydrogen-bond donors (Lipinski definition) is 1. The van der Waals surface area contributed by atoms with E-state index in [2.05, 4.69) is 18.8 Å². The Balaban J connectivity index is 3.37. The van der Waals surface area contributed by atoms with Crippen LogP contribution < -0.4 is 5.73 Å². The molecule has 0 fully saturated rings. The SMILES string of the molecule is CCCCCC(C)N=C(C)N. The number of amidine groups is 1. The van der Waals surface area contributed by atoms with Crippen molar-refractivity contribution in [2.75, 3.05) is 0 Å². The standard InChI is InChI=1S/C9H20N2/c1-4-5-6-7-8(2)11-9(3)10/h8H,4-7H2,1-3H3,(H2,10,11). The zero-order valence-corrected chi connectivity index (χ0v) is 7.93. The van der Waals surface area contributed by atoms with Crippen molar-refractivity contribution in [3.8, 4) is 0 Å². The van der Waals surface area contributed by atoms with Crippen LogP contribution in [-0.2, 0) is 0 Å². The molecule has 0 rings (SSSR count). The Bertz CT molecular complexity index is 115. The Morgan fingerprint density at radius 1 is 1.45 bits per heavy atom. The number of nitrogens with two attached hydrogens (primary N) is 1. The van der Waals surface area contributed by atoms with Gasteiger partial charge >= 0.3 is 0 Å². The first-order chi connectivity index (χ1) is 5.16. The maximum absolute atomic E-state index is 5.45. The van der Waals surface area contributed by atoms with Crippen molar-refractivity contribution >= 4 is 5.84 Å². The van der Waals surface area contributed by atoms with E-state index in [0.29, 0.717) is 11.9 Å². The molecule has 0 amide bonds. The fraction of sp³-hybridized carbons (Fsp3) is 0.889. The molecule has 0 saturated carbocycles. The van der Waals surface area contributed by atoms with Crippen molar-refractivity contribution in [3.05, 3.63) is 0 Å². The molecule has 0 aromatic carbocycles. The van der Waals surface area contributed by atoms with E-state index in [4.69, 9.17) is 5.73 Å². The van der Waals surface area contributed by atoms with Gasteiger partial charge < -0.3 is 5.73 Å². The van der Waals surface area contributed by atoms with Gasteiger partial charge in [0.2, 0.25) is 0 Å². The molecule has 0 aliphatic rings. The van der Waals surface area contributed by atoms with Gasteiger partial charge in [-0.15, -0.1) is 0 Å².